The molecule has 0 radical (unpaired) electrons. The van der Waals surface area contributed by atoms with Crippen molar-refractivity contribution >= 4 is 51.8 Å². The molecule has 2 aromatic heterocycles. The van der Waals surface area contributed by atoms with Gasteiger partial charge >= 0.3 is 5.88 Å². The van der Waals surface area contributed by atoms with E-state index in [0.717, 1.165) is 10.6 Å². The molecule has 0 aromatic carbocycles. The Morgan fingerprint density at radius 3 is 2.90 bits per heavy atom. The maximum Gasteiger partial charge on any atom is 0.433 e. The molecule has 2 rings (SSSR count). The zero-order valence-corrected chi connectivity index (χ0v) is 12.4. The van der Waals surface area contributed by atoms with Crippen molar-refractivity contribution in [3.63, 3.8) is 0 Å². The second-order valence-electron chi connectivity index (χ2n) is 3.63. The van der Waals surface area contributed by atoms with Gasteiger partial charge in [-0.05, 0) is 12.5 Å². The van der Waals surface area contributed by atoms with Crippen molar-refractivity contribution in [3.05, 3.63) is 38.6 Å². The zero-order chi connectivity index (χ0) is 14.5. The normalized spacial score (nSPS) is 11.3. The van der Waals surface area contributed by atoms with Gasteiger partial charge in [0.15, 0.2) is 5.76 Å². The predicted molar refractivity (Wildman–Crippen MR) is 78.7 cm³/mol. The van der Waals surface area contributed by atoms with Crippen LogP contribution in [0.1, 0.15) is 16.3 Å². The van der Waals surface area contributed by atoms with Crippen LogP contribution >= 0.6 is 34.5 Å². The molecule has 0 aliphatic rings. The summed E-state index contributed by atoms with van der Waals surface area (Å²) >= 11 is 12.9. The minimum absolute atomic E-state index is 0.290. The lowest BCUT2D eigenvalue weighted by Gasteiger charge is -1.92. The van der Waals surface area contributed by atoms with Crippen molar-refractivity contribution in [2.24, 2.45) is 4.99 Å². The monoisotopic (exact) mass is 333 g/mol. The summed E-state index contributed by atoms with van der Waals surface area (Å²) in [5.74, 6) is 0.748. The van der Waals surface area contributed by atoms with Crippen LogP contribution in [0.2, 0.25) is 0 Å². The van der Waals surface area contributed by atoms with E-state index in [-0.39, 0.29) is 5.88 Å². The molecule has 0 N–H and O–H groups in total. The van der Waals surface area contributed by atoms with E-state index in [0.29, 0.717) is 29.1 Å². The molecule has 0 fully saturated rings. The van der Waals surface area contributed by atoms with Gasteiger partial charge in [0.05, 0.1) is 23.9 Å². The SMILES string of the molecule is O=[N+]([O-])c1ccc(/C=N/c2nc(CCl)c(CCCl)s2)o1. The highest BCUT2D eigenvalue weighted by atomic mass is 35.5. The molecule has 9 heteroatoms. The minimum atomic E-state index is -0.606. The highest BCUT2D eigenvalue weighted by molar-refractivity contribution is 7.15. The summed E-state index contributed by atoms with van der Waals surface area (Å²) in [5.41, 5.74) is 0.759. The van der Waals surface area contributed by atoms with Gasteiger partial charge in [0.25, 0.3) is 0 Å². The molecule has 20 heavy (non-hydrogen) atoms. The first kappa shape index (κ1) is 15.0. The van der Waals surface area contributed by atoms with Crippen molar-refractivity contribution in [2.75, 3.05) is 5.88 Å². The second-order valence-corrected chi connectivity index (χ2v) is 5.34. The van der Waals surface area contributed by atoms with Gasteiger partial charge < -0.3 is 4.42 Å². The highest BCUT2D eigenvalue weighted by Crippen LogP contribution is 2.27. The lowest BCUT2D eigenvalue weighted by atomic mass is 10.3. The molecule has 0 saturated carbocycles. The molecular weight excluding hydrogens is 325 g/mol. The number of alkyl halides is 2. The zero-order valence-electron chi connectivity index (χ0n) is 10.1. The number of furan rings is 1. The molecule has 0 spiro atoms. The van der Waals surface area contributed by atoms with E-state index in [1.165, 1.54) is 29.7 Å². The molecule has 0 bridgehead atoms. The molecule has 2 heterocycles. The summed E-state index contributed by atoms with van der Waals surface area (Å²) in [6, 6.07) is 2.74. The first-order chi connectivity index (χ1) is 9.63. The van der Waals surface area contributed by atoms with E-state index in [4.69, 9.17) is 27.6 Å². The largest absolute Gasteiger partial charge is 0.433 e. The van der Waals surface area contributed by atoms with Crippen LogP contribution < -0.4 is 0 Å². The van der Waals surface area contributed by atoms with E-state index >= 15 is 0 Å². The fourth-order valence-corrected chi connectivity index (χ4v) is 2.96. The summed E-state index contributed by atoms with van der Waals surface area (Å²) in [5, 5.41) is 11.0. The van der Waals surface area contributed by atoms with E-state index in [2.05, 4.69) is 9.98 Å². The number of hydrogen-bond donors (Lipinski definition) is 0. The first-order valence-electron chi connectivity index (χ1n) is 5.53. The summed E-state index contributed by atoms with van der Waals surface area (Å²) < 4.78 is 4.96. The van der Waals surface area contributed by atoms with Crippen molar-refractivity contribution in [1.82, 2.24) is 4.98 Å². The average molecular weight is 334 g/mol. The summed E-state index contributed by atoms with van der Waals surface area (Å²) in [7, 11) is 0. The first-order valence-corrected chi connectivity index (χ1v) is 7.41. The van der Waals surface area contributed by atoms with Crippen molar-refractivity contribution < 1.29 is 9.34 Å². The van der Waals surface area contributed by atoms with E-state index in [1.54, 1.807) is 0 Å². The summed E-state index contributed by atoms with van der Waals surface area (Å²) in [4.78, 5) is 19.2. The van der Waals surface area contributed by atoms with Gasteiger partial charge in [-0.2, -0.15) is 0 Å². The van der Waals surface area contributed by atoms with Crippen LogP contribution in [0, 0.1) is 10.1 Å². The third kappa shape index (κ3) is 3.56. The molecule has 2 aromatic rings. The Morgan fingerprint density at radius 2 is 2.30 bits per heavy atom. The van der Waals surface area contributed by atoms with Crippen LogP contribution in [0.25, 0.3) is 0 Å². The number of aryl methyl sites for hydroxylation is 1. The Hall–Kier alpha value is -1.44. The lowest BCUT2D eigenvalue weighted by Crippen LogP contribution is -1.87. The number of thiazole rings is 1. The Morgan fingerprint density at radius 1 is 1.50 bits per heavy atom. The van der Waals surface area contributed by atoms with Gasteiger partial charge in [-0.3, -0.25) is 10.1 Å². The second kappa shape index (κ2) is 6.83. The maximum atomic E-state index is 10.5. The van der Waals surface area contributed by atoms with Gasteiger partial charge in [-0.25, -0.2) is 9.98 Å². The number of rotatable bonds is 6. The molecule has 0 amide bonds. The van der Waals surface area contributed by atoms with E-state index < -0.39 is 4.92 Å². The number of halogens is 2. The van der Waals surface area contributed by atoms with Crippen LogP contribution in [0.15, 0.2) is 21.5 Å². The molecule has 6 nitrogen and oxygen atoms in total. The van der Waals surface area contributed by atoms with Crippen LogP contribution in [0.4, 0.5) is 11.0 Å². The van der Waals surface area contributed by atoms with Crippen LogP contribution in [0.5, 0.6) is 0 Å². The Balaban J connectivity index is 2.15. The average Bonchev–Trinajstić information content (AvgIpc) is 3.03. The molecule has 0 saturated heterocycles. The standard InChI is InChI=1S/C11H9Cl2N3O3S/c12-4-3-9-8(5-13)15-11(20-9)14-6-7-1-2-10(19-7)16(17)18/h1-2,6H,3-5H2/b14-6+. The fourth-order valence-electron chi connectivity index (χ4n) is 1.44. The molecule has 0 aliphatic heterocycles. The fraction of sp³-hybridized carbons (Fsp3) is 0.273. The lowest BCUT2D eigenvalue weighted by molar-refractivity contribution is -0.402. The van der Waals surface area contributed by atoms with Crippen molar-refractivity contribution in [1.29, 1.82) is 0 Å². The number of aliphatic imine (C=N–C) groups is 1. The van der Waals surface area contributed by atoms with Gasteiger partial charge in [-0.1, -0.05) is 11.3 Å². The third-order valence-corrected chi connectivity index (χ3v) is 3.82. The topological polar surface area (TPSA) is 81.5 Å². The maximum absolute atomic E-state index is 10.5. The smallest absolute Gasteiger partial charge is 0.400 e. The van der Waals surface area contributed by atoms with Crippen molar-refractivity contribution in [2.45, 2.75) is 12.3 Å². The van der Waals surface area contributed by atoms with Gasteiger partial charge in [0.1, 0.15) is 4.92 Å². The molecule has 0 aliphatic carbocycles. The number of hydrogen-bond acceptors (Lipinski definition) is 6. The summed E-state index contributed by atoms with van der Waals surface area (Å²) in [6.45, 7) is 0. The predicted octanol–water partition coefficient (Wildman–Crippen LogP) is 3.92. The van der Waals surface area contributed by atoms with E-state index in [1.807, 2.05) is 0 Å². The third-order valence-electron chi connectivity index (χ3n) is 2.31. The molecule has 0 atom stereocenters. The van der Waals surface area contributed by atoms with Crippen molar-refractivity contribution in [3.8, 4) is 0 Å². The van der Waals surface area contributed by atoms with E-state index in [9.17, 15) is 10.1 Å². The Labute approximate surface area is 128 Å². The Bertz CT molecular complexity index is 639. The molecule has 106 valence electrons. The van der Waals surface area contributed by atoms with Gasteiger partial charge in [0, 0.05) is 10.8 Å². The number of aromatic nitrogens is 1. The minimum Gasteiger partial charge on any atom is -0.400 e. The quantitative estimate of drug-likeness (QED) is 0.347. The molecule has 0 unspecified atom stereocenters. The van der Waals surface area contributed by atoms with Crippen LogP contribution in [0.3, 0.4) is 0 Å². The van der Waals surface area contributed by atoms with Gasteiger partial charge in [0.2, 0.25) is 5.13 Å². The number of nitrogens with zero attached hydrogens (tertiary/aromatic N) is 3. The number of nitro groups is 1. The van der Waals surface area contributed by atoms with Gasteiger partial charge in [-0.15, -0.1) is 23.2 Å². The van der Waals surface area contributed by atoms with Crippen LogP contribution in [-0.2, 0) is 12.3 Å². The Kier molecular flexibility index (Phi) is 5.11. The van der Waals surface area contributed by atoms with Crippen LogP contribution in [-0.4, -0.2) is 22.0 Å². The summed E-state index contributed by atoms with van der Waals surface area (Å²) in [6.07, 6.45) is 2.07. The highest BCUT2D eigenvalue weighted by Gasteiger charge is 2.11. The molecular formula is C11H9Cl2N3O3S.